The third-order valence-corrected chi connectivity index (χ3v) is 12.7. The summed E-state index contributed by atoms with van der Waals surface area (Å²) in [6.07, 6.45) is 1.99. The number of carboxylic acids is 2. The quantitative estimate of drug-likeness (QED) is 0.0608. The number of piperazine rings is 2. The van der Waals surface area contributed by atoms with Crippen molar-refractivity contribution in [3.8, 4) is 17.2 Å². The highest BCUT2D eigenvalue weighted by molar-refractivity contribution is 6.47. The number of benzene rings is 2. The number of nitrogens with one attached hydrogen (secondary N) is 4. The summed E-state index contributed by atoms with van der Waals surface area (Å²) in [7, 11) is -3.38. The summed E-state index contributed by atoms with van der Waals surface area (Å²) in [6.45, 7) is 5.25. The molecule has 4 aromatic rings. The predicted molar refractivity (Wildman–Crippen MR) is 261 cm³/mol. The predicted octanol–water partition coefficient (Wildman–Crippen LogP) is -0.986. The fourth-order valence-corrected chi connectivity index (χ4v) is 8.63. The number of nitrogens with zero attached hydrogens (tertiary/aromatic N) is 6. The molecule has 0 radical (unpaired) electrons. The molecular formula is C47H48B2F2N10O17. The van der Waals surface area contributed by atoms with Crippen LogP contribution in [0.5, 0.6) is 17.2 Å². The van der Waals surface area contributed by atoms with Gasteiger partial charge in [-0.15, -0.1) is 0 Å². The van der Waals surface area contributed by atoms with Crippen LogP contribution in [0.4, 0.5) is 18.4 Å². The van der Waals surface area contributed by atoms with Crippen molar-refractivity contribution in [2.45, 2.75) is 57.6 Å². The number of likely N-dealkylation sites (N-methyl/N-ethyl adjacent to an activating group) is 2. The minimum Gasteiger partial charge on any atom is -0.534 e. The van der Waals surface area contributed by atoms with Crippen molar-refractivity contribution in [3.63, 3.8) is 0 Å². The van der Waals surface area contributed by atoms with Gasteiger partial charge in [-0.3, -0.25) is 48.5 Å². The minimum absolute atomic E-state index is 0.0419. The van der Waals surface area contributed by atoms with Gasteiger partial charge in [0.25, 0.3) is 0 Å². The Kier molecular flexibility index (Phi) is 17.2. The van der Waals surface area contributed by atoms with E-state index in [0.717, 1.165) is 12.3 Å². The molecule has 6 heterocycles. The third kappa shape index (κ3) is 12.0. The fraction of sp³-hybridized carbons (Fsp3) is 0.319. The monoisotopic (exact) mass is 1080 g/mol. The van der Waals surface area contributed by atoms with Crippen LogP contribution in [-0.4, -0.2) is 180 Å². The van der Waals surface area contributed by atoms with E-state index in [9.17, 15) is 82.1 Å². The number of aromatic carboxylic acids is 2. The zero-order valence-electron chi connectivity index (χ0n) is 41.5. The summed E-state index contributed by atoms with van der Waals surface area (Å²) < 4.78 is 40.3. The molecule has 2 fully saturated rings. The maximum Gasteiger partial charge on any atom is 0.547 e. The number of amides is 10. The van der Waals surface area contributed by atoms with Crippen LogP contribution in [0.2, 0.25) is 0 Å². The number of urea groups is 2. The number of carbonyl (C=O) groups excluding carboxylic acids is 8. The number of pyridine rings is 2. The largest absolute Gasteiger partial charge is 0.547 e. The number of aromatic nitrogens is 2. The van der Waals surface area contributed by atoms with Crippen LogP contribution in [0.1, 0.15) is 74.7 Å². The second-order valence-corrected chi connectivity index (χ2v) is 17.7. The second-order valence-electron chi connectivity index (χ2n) is 17.7. The molecule has 2 aromatic carbocycles. The summed E-state index contributed by atoms with van der Waals surface area (Å²) >= 11 is 0. The molecule has 31 heteroatoms. The van der Waals surface area contributed by atoms with Crippen molar-refractivity contribution in [1.29, 1.82) is 0 Å². The number of fused-ring (bicyclic) bond motifs is 2. The molecule has 4 atom stereocenters. The first-order valence-corrected chi connectivity index (χ1v) is 23.8. The molecule has 27 nitrogen and oxygen atoms in total. The number of imide groups is 2. The van der Waals surface area contributed by atoms with Gasteiger partial charge in [-0.1, -0.05) is 24.3 Å². The van der Waals surface area contributed by atoms with Crippen LogP contribution in [0.15, 0.2) is 60.9 Å². The Morgan fingerprint density at radius 3 is 1.45 bits per heavy atom. The maximum atomic E-state index is 14.9. The molecule has 2 unspecified atom stereocenters. The number of carbonyl (C=O) groups is 10. The lowest BCUT2D eigenvalue weighted by molar-refractivity contribution is -0.153. The van der Waals surface area contributed by atoms with Crippen LogP contribution in [-0.2, 0) is 41.6 Å². The van der Waals surface area contributed by atoms with Gasteiger partial charge in [0.2, 0.25) is 11.8 Å². The van der Waals surface area contributed by atoms with E-state index < -0.39 is 126 Å². The highest BCUT2D eigenvalue weighted by Crippen LogP contribution is 2.32. The van der Waals surface area contributed by atoms with Gasteiger partial charge in [0.15, 0.2) is 17.9 Å². The van der Waals surface area contributed by atoms with Crippen molar-refractivity contribution < 1.29 is 91.4 Å². The standard InChI is InChI=1S/C24H25BFN5O8.C23H23BFN5O9/c1-3-30-7-8-31(22(34)21(30)33)24(37)29-18(17-15(26)9-12(2)11-27-17)20(32)28-16-10-13-5-4-6-14(23(35)36)19(13)39-25(16)38;1-2-29-6-7-30(21(34)20(29)33)23(37)28-17(16-14(25)9-12(31)10-26-16)19(32)27-15-8-11-4-3-5-13(22(35)36)18(11)39-24(15)38/h4-6,9,11,16,18,38H,3,7-8,10H2,1-2H3,(H,28,32)(H,29,37)(H,35,36);3-5,9-10,15,17,31,38H,2,6-8H2,1H3,(H,27,32)(H,28,37)(H,35,36)/t16-,18?;15-,17?/m00/s1. The molecule has 2 saturated heterocycles. The van der Waals surface area contributed by atoms with Gasteiger partial charge < -0.3 is 65.7 Å². The van der Waals surface area contributed by atoms with Gasteiger partial charge in [0.1, 0.15) is 34.5 Å². The molecule has 4 aliphatic heterocycles. The molecule has 408 valence electrons. The van der Waals surface area contributed by atoms with E-state index in [1.807, 2.05) is 0 Å². The average Bonchev–Trinajstić information content (AvgIpc) is 3.42. The highest BCUT2D eigenvalue weighted by Gasteiger charge is 2.44. The van der Waals surface area contributed by atoms with Crippen LogP contribution < -0.4 is 30.6 Å². The lowest BCUT2D eigenvalue weighted by atomic mass is 9.72. The maximum absolute atomic E-state index is 14.9. The van der Waals surface area contributed by atoms with Crippen LogP contribution in [0, 0.1) is 18.6 Å². The Labute approximate surface area is 440 Å². The summed E-state index contributed by atoms with van der Waals surface area (Å²) in [5.41, 5.74) is -0.253. The molecule has 0 bridgehead atoms. The first-order chi connectivity index (χ1) is 37.0. The summed E-state index contributed by atoms with van der Waals surface area (Å²) in [5.74, 6) is -13.7. The smallest absolute Gasteiger partial charge is 0.534 e. The number of aryl methyl sites for hydroxylation is 1. The van der Waals surface area contributed by atoms with Gasteiger partial charge in [-0.05, 0) is 68.5 Å². The van der Waals surface area contributed by atoms with E-state index in [0.29, 0.717) is 32.6 Å². The van der Waals surface area contributed by atoms with Crippen molar-refractivity contribution in [2.24, 2.45) is 0 Å². The molecule has 8 rings (SSSR count). The number of hydrogen-bond donors (Lipinski definition) is 9. The average molecular weight is 1080 g/mol. The highest BCUT2D eigenvalue weighted by atomic mass is 19.1. The Morgan fingerprint density at radius 1 is 0.654 bits per heavy atom. The molecule has 0 spiro atoms. The van der Waals surface area contributed by atoms with Gasteiger partial charge >= 0.3 is 61.9 Å². The summed E-state index contributed by atoms with van der Waals surface area (Å²) in [5, 5.41) is 58.6. The summed E-state index contributed by atoms with van der Waals surface area (Å²) in [4.78, 5) is 136. The van der Waals surface area contributed by atoms with E-state index in [1.165, 1.54) is 46.3 Å². The topological polar surface area (TPSA) is 377 Å². The number of para-hydroxylation sites is 2. The van der Waals surface area contributed by atoms with Crippen LogP contribution in [0.25, 0.3) is 0 Å². The lowest BCUT2D eigenvalue weighted by Gasteiger charge is -2.33. The van der Waals surface area contributed by atoms with Crippen molar-refractivity contribution in [1.82, 2.24) is 50.8 Å². The minimum atomic E-state index is -1.87. The number of halogens is 2. The first kappa shape index (κ1) is 56.5. The van der Waals surface area contributed by atoms with E-state index in [2.05, 4.69) is 31.2 Å². The van der Waals surface area contributed by atoms with E-state index in [-0.39, 0.29) is 74.7 Å². The number of rotatable bonds is 12. The van der Waals surface area contributed by atoms with Gasteiger partial charge in [-0.2, -0.15) is 0 Å². The number of aromatic hydroxyl groups is 1. The fourth-order valence-electron chi connectivity index (χ4n) is 8.63. The molecule has 78 heavy (non-hydrogen) atoms. The van der Waals surface area contributed by atoms with Crippen LogP contribution >= 0.6 is 0 Å². The van der Waals surface area contributed by atoms with Gasteiger partial charge in [0.05, 0.1) is 29.2 Å². The number of hydrogen-bond acceptors (Lipinski definition) is 17. The lowest BCUT2D eigenvalue weighted by Crippen LogP contribution is -2.60. The Balaban J connectivity index is 0.000000226. The van der Waals surface area contributed by atoms with E-state index in [4.69, 9.17) is 9.31 Å². The molecule has 9 N–H and O–H groups in total. The SMILES string of the molecule is CCN1CCN(C(=O)NC(C(=O)N[C@H]2Cc3cccc(C(=O)O)c3OB2O)c2ncc(C)cc2F)C(=O)C1=O.CCN1CCN(C(=O)NC(C(=O)N[C@H]2Cc3cccc(C(=O)O)c3OB2O)c2ncc(O)cc2F)C(=O)C1=O. The molecule has 2 aromatic heterocycles. The molecule has 4 aliphatic rings. The van der Waals surface area contributed by atoms with E-state index in [1.54, 1.807) is 26.8 Å². The Morgan fingerprint density at radius 2 is 1.06 bits per heavy atom. The van der Waals surface area contributed by atoms with Crippen molar-refractivity contribution >= 4 is 73.7 Å². The van der Waals surface area contributed by atoms with Crippen molar-refractivity contribution in [2.75, 3.05) is 39.3 Å². The molecule has 10 amide bonds. The van der Waals surface area contributed by atoms with Crippen LogP contribution in [0.3, 0.4) is 0 Å². The molecule has 0 saturated carbocycles. The molecular weight excluding hydrogens is 1040 g/mol. The second kappa shape index (κ2) is 23.7. The van der Waals surface area contributed by atoms with Crippen molar-refractivity contribution in [3.05, 3.63) is 112 Å². The first-order valence-electron chi connectivity index (χ1n) is 23.8. The molecule has 0 aliphatic carbocycles. The normalized spacial score (nSPS) is 17.7. The zero-order valence-corrected chi connectivity index (χ0v) is 41.5. The number of carboxylic acid groups (broad SMARTS) is 2. The van der Waals surface area contributed by atoms with Gasteiger partial charge in [-0.25, -0.2) is 28.0 Å². The van der Waals surface area contributed by atoms with E-state index >= 15 is 0 Å². The Bertz CT molecular complexity index is 2920. The zero-order chi connectivity index (χ0) is 56.9. The Hall–Kier alpha value is -9.25. The summed E-state index contributed by atoms with van der Waals surface area (Å²) in [6, 6.07) is 4.47. The third-order valence-electron chi connectivity index (χ3n) is 12.7. The van der Waals surface area contributed by atoms with Gasteiger partial charge in [0, 0.05) is 51.5 Å².